The van der Waals surface area contributed by atoms with Gasteiger partial charge in [-0.3, -0.25) is 0 Å². The van der Waals surface area contributed by atoms with Crippen molar-refractivity contribution >= 4 is 0 Å². The fraction of sp³-hybridized carbons (Fsp3) is 1.00. The molecule has 0 unspecified atom stereocenters. The smallest absolute Gasteiger partial charge is 0.184 e. The highest BCUT2D eigenvalue weighted by molar-refractivity contribution is 4.96. The highest BCUT2D eigenvalue weighted by Gasteiger charge is 2.50. The van der Waals surface area contributed by atoms with Gasteiger partial charge in [0.2, 0.25) is 0 Å². The van der Waals surface area contributed by atoms with Gasteiger partial charge < -0.3 is 30.3 Å². The van der Waals surface area contributed by atoms with E-state index in [0.29, 0.717) is 0 Å². The third kappa shape index (κ3) is 1.69. The van der Waals surface area contributed by atoms with Gasteiger partial charge in [0.05, 0.1) is 6.61 Å². The van der Waals surface area contributed by atoms with Gasteiger partial charge in [0.1, 0.15) is 23.9 Å². The van der Waals surface area contributed by atoms with Crippen LogP contribution in [0.25, 0.3) is 0 Å². The molecule has 0 aromatic carbocycles. The quantitative estimate of drug-likeness (QED) is 0.308. The average molecular weight is 194 g/mol. The molecule has 1 heterocycles. The lowest BCUT2D eigenvalue weighted by molar-refractivity contribution is -0.321. The maximum absolute atomic E-state index is 9.38. The second-order valence-electron chi connectivity index (χ2n) is 3.41. The van der Waals surface area contributed by atoms with Gasteiger partial charge in [0, 0.05) is 0 Å². The van der Waals surface area contributed by atoms with Crippen molar-refractivity contribution in [3.63, 3.8) is 0 Å². The van der Waals surface area contributed by atoms with Crippen LogP contribution in [0.4, 0.5) is 0 Å². The Kier molecular flexibility index (Phi) is 2.91. The van der Waals surface area contributed by atoms with Crippen LogP contribution in [0.2, 0.25) is 0 Å². The normalized spacial score (nSPS) is 52.2. The molecule has 78 valence electrons. The zero-order chi connectivity index (χ0) is 10.2. The summed E-state index contributed by atoms with van der Waals surface area (Å²) in [5.41, 5.74) is -1.45. The summed E-state index contributed by atoms with van der Waals surface area (Å²) in [6.07, 6.45) is -6.12. The van der Waals surface area contributed by atoms with Gasteiger partial charge in [-0.2, -0.15) is 0 Å². The van der Waals surface area contributed by atoms with Gasteiger partial charge in [-0.1, -0.05) is 0 Å². The molecule has 0 spiro atoms. The Labute approximate surface area is 75.0 Å². The predicted octanol–water partition coefficient (Wildman–Crippen LogP) is -2.83. The molecule has 1 fully saturated rings. The summed E-state index contributed by atoms with van der Waals surface area (Å²) >= 11 is 0. The molecule has 0 bridgehead atoms. The number of aliphatic hydroxyl groups is 5. The molecule has 0 aromatic heterocycles. The maximum Gasteiger partial charge on any atom is 0.184 e. The Bertz CT molecular complexity index is 186. The molecule has 5 N–H and O–H groups in total. The summed E-state index contributed by atoms with van der Waals surface area (Å²) in [6, 6.07) is 0. The van der Waals surface area contributed by atoms with Crippen molar-refractivity contribution in [1.29, 1.82) is 0 Å². The van der Waals surface area contributed by atoms with E-state index >= 15 is 0 Å². The monoisotopic (exact) mass is 194 g/mol. The number of rotatable bonds is 1. The van der Waals surface area contributed by atoms with E-state index in [9.17, 15) is 10.2 Å². The molecule has 1 saturated heterocycles. The van der Waals surface area contributed by atoms with E-state index in [1.165, 1.54) is 6.92 Å². The van der Waals surface area contributed by atoms with E-state index in [0.717, 1.165) is 0 Å². The molecule has 13 heavy (non-hydrogen) atoms. The van der Waals surface area contributed by atoms with Gasteiger partial charge in [-0.25, -0.2) is 0 Å². The van der Waals surface area contributed by atoms with Crippen molar-refractivity contribution in [3.05, 3.63) is 0 Å². The van der Waals surface area contributed by atoms with Gasteiger partial charge in [0.25, 0.3) is 0 Å². The van der Waals surface area contributed by atoms with Crippen molar-refractivity contribution in [1.82, 2.24) is 0 Å². The number of hydrogen-bond donors (Lipinski definition) is 5. The van der Waals surface area contributed by atoms with E-state index in [4.69, 9.17) is 20.1 Å². The van der Waals surface area contributed by atoms with Crippen LogP contribution in [0, 0.1) is 0 Å². The first-order valence-corrected chi connectivity index (χ1v) is 3.93. The van der Waals surface area contributed by atoms with Crippen LogP contribution in [0.15, 0.2) is 0 Å². The number of hydrogen-bond acceptors (Lipinski definition) is 6. The molecule has 6 nitrogen and oxygen atoms in total. The Balaban J connectivity index is 2.82. The van der Waals surface area contributed by atoms with Crippen molar-refractivity contribution in [2.45, 2.75) is 37.1 Å². The molecule has 0 radical (unpaired) electrons. The molecule has 0 saturated carbocycles. The van der Waals surface area contributed by atoms with Crippen LogP contribution in [0.3, 0.4) is 0 Å². The van der Waals surface area contributed by atoms with Gasteiger partial charge in [-0.15, -0.1) is 0 Å². The van der Waals surface area contributed by atoms with Crippen LogP contribution in [-0.4, -0.2) is 62.3 Å². The molecule has 0 amide bonds. The first-order valence-electron chi connectivity index (χ1n) is 3.93. The minimum atomic E-state index is -1.60. The zero-order valence-electron chi connectivity index (χ0n) is 7.16. The van der Waals surface area contributed by atoms with Crippen molar-refractivity contribution in [2.24, 2.45) is 0 Å². The molecular formula is C7H14O6. The van der Waals surface area contributed by atoms with E-state index < -0.39 is 36.8 Å². The topological polar surface area (TPSA) is 110 Å². The number of aliphatic hydroxyl groups excluding tert-OH is 5. The number of ether oxygens (including phenoxy) is 1. The summed E-state index contributed by atoms with van der Waals surface area (Å²) in [4.78, 5) is 0. The fourth-order valence-corrected chi connectivity index (χ4v) is 1.26. The van der Waals surface area contributed by atoms with E-state index in [1.54, 1.807) is 0 Å². The van der Waals surface area contributed by atoms with Gasteiger partial charge in [-0.05, 0) is 6.92 Å². The van der Waals surface area contributed by atoms with Crippen molar-refractivity contribution in [3.8, 4) is 0 Å². The Morgan fingerprint density at radius 1 is 1.15 bits per heavy atom. The molecule has 1 aliphatic rings. The second-order valence-corrected chi connectivity index (χ2v) is 3.41. The van der Waals surface area contributed by atoms with Gasteiger partial charge >= 0.3 is 0 Å². The zero-order valence-corrected chi connectivity index (χ0v) is 7.16. The fourth-order valence-electron chi connectivity index (χ4n) is 1.26. The molecular weight excluding hydrogens is 180 g/mol. The van der Waals surface area contributed by atoms with Crippen LogP contribution in [0.1, 0.15) is 6.92 Å². The lowest BCUT2D eigenvalue weighted by Gasteiger charge is -2.44. The molecule has 0 aromatic rings. The molecule has 1 rings (SSSR count). The van der Waals surface area contributed by atoms with Crippen LogP contribution >= 0.6 is 0 Å². The second kappa shape index (κ2) is 3.49. The van der Waals surface area contributed by atoms with Crippen LogP contribution in [-0.2, 0) is 4.74 Å². The standard InChI is InChI=1S/C7H14O6/c1-7(2-8)5(11)3(9)4(10)6(12)13-7/h3-6,8-12H,2H2,1H3/t3-,4-,5+,6+,7+/m1/s1. The first kappa shape index (κ1) is 10.8. The van der Waals surface area contributed by atoms with E-state index in [-0.39, 0.29) is 0 Å². The molecule has 1 aliphatic heterocycles. The third-order valence-electron chi connectivity index (χ3n) is 2.30. The predicted molar refractivity (Wildman–Crippen MR) is 40.6 cm³/mol. The summed E-state index contributed by atoms with van der Waals surface area (Å²) < 4.78 is 4.76. The summed E-state index contributed by atoms with van der Waals surface area (Å²) in [5, 5.41) is 45.6. The largest absolute Gasteiger partial charge is 0.393 e. The first-order chi connectivity index (χ1) is 5.92. The SMILES string of the molecule is C[C@@]1(CO)O[C@H](O)[C@H](O)[C@@H](O)[C@@H]1O. The lowest BCUT2D eigenvalue weighted by atomic mass is 9.89. The van der Waals surface area contributed by atoms with E-state index in [1.807, 2.05) is 0 Å². The highest BCUT2D eigenvalue weighted by Crippen LogP contribution is 2.28. The Morgan fingerprint density at radius 3 is 2.15 bits per heavy atom. The van der Waals surface area contributed by atoms with Crippen molar-refractivity contribution < 1.29 is 30.3 Å². The minimum absolute atomic E-state index is 0.561. The average Bonchev–Trinajstić information content (AvgIpc) is 2.12. The van der Waals surface area contributed by atoms with Crippen LogP contribution in [0.5, 0.6) is 0 Å². The minimum Gasteiger partial charge on any atom is -0.393 e. The molecule has 5 atom stereocenters. The highest BCUT2D eigenvalue weighted by atomic mass is 16.6. The molecule has 6 heteroatoms. The summed E-state index contributed by atoms with van der Waals surface area (Å²) in [7, 11) is 0. The maximum atomic E-state index is 9.38. The molecule has 0 aliphatic carbocycles. The third-order valence-corrected chi connectivity index (χ3v) is 2.30. The van der Waals surface area contributed by atoms with Crippen LogP contribution < -0.4 is 0 Å². The Hall–Kier alpha value is -0.240. The van der Waals surface area contributed by atoms with Gasteiger partial charge in [0.15, 0.2) is 6.29 Å². The summed E-state index contributed by atoms with van der Waals surface area (Å²) in [6.45, 7) is 0.769. The lowest BCUT2D eigenvalue weighted by Crippen LogP contribution is -2.64. The Morgan fingerprint density at radius 2 is 1.69 bits per heavy atom. The summed E-state index contributed by atoms with van der Waals surface area (Å²) in [5.74, 6) is 0. The van der Waals surface area contributed by atoms with Crippen molar-refractivity contribution in [2.75, 3.05) is 6.61 Å². The van der Waals surface area contributed by atoms with E-state index in [2.05, 4.69) is 0 Å².